The van der Waals surface area contributed by atoms with Gasteiger partial charge in [-0.05, 0) is 17.7 Å². The molecular formula is C13H18ClN3O. The minimum Gasteiger partial charge on any atom is -0.323 e. The Labute approximate surface area is 113 Å². The Balaban J connectivity index is 1.94. The van der Waals surface area contributed by atoms with Gasteiger partial charge in [-0.25, -0.2) is 4.79 Å². The highest BCUT2D eigenvalue weighted by atomic mass is 35.5. The molecule has 0 bridgehead atoms. The van der Waals surface area contributed by atoms with E-state index in [0.717, 1.165) is 31.7 Å². The molecule has 0 spiro atoms. The van der Waals surface area contributed by atoms with Gasteiger partial charge in [0.1, 0.15) is 0 Å². The van der Waals surface area contributed by atoms with Crippen LogP contribution in [0.4, 0.5) is 4.79 Å². The van der Waals surface area contributed by atoms with Gasteiger partial charge < -0.3 is 15.1 Å². The van der Waals surface area contributed by atoms with Crippen molar-refractivity contribution >= 4 is 17.6 Å². The maximum Gasteiger partial charge on any atom is 0.320 e. The summed E-state index contributed by atoms with van der Waals surface area (Å²) in [7, 11) is 1.82. The minimum absolute atomic E-state index is 0.0801. The first kappa shape index (κ1) is 13.2. The average molecular weight is 268 g/mol. The van der Waals surface area contributed by atoms with Crippen molar-refractivity contribution in [1.82, 2.24) is 15.1 Å². The van der Waals surface area contributed by atoms with Gasteiger partial charge in [-0.2, -0.15) is 0 Å². The molecule has 98 valence electrons. The van der Waals surface area contributed by atoms with Crippen LogP contribution in [-0.2, 0) is 6.54 Å². The van der Waals surface area contributed by atoms with Crippen molar-refractivity contribution in [3.63, 3.8) is 0 Å². The van der Waals surface area contributed by atoms with Gasteiger partial charge in [0.15, 0.2) is 0 Å². The van der Waals surface area contributed by atoms with Crippen LogP contribution in [0.15, 0.2) is 24.3 Å². The van der Waals surface area contributed by atoms with Gasteiger partial charge in [0.25, 0.3) is 0 Å². The zero-order chi connectivity index (χ0) is 13.0. The number of benzene rings is 1. The molecule has 1 N–H and O–H groups in total. The number of halogens is 1. The SMILES string of the molecule is CN(Cc1cccc(Cl)c1)C(=O)N1CCNCC1. The van der Waals surface area contributed by atoms with Crippen molar-refractivity contribution in [2.75, 3.05) is 33.2 Å². The van der Waals surface area contributed by atoms with Crippen LogP contribution in [0, 0.1) is 0 Å². The maximum atomic E-state index is 12.2. The minimum atomic E-state index is 0.0801. The number of rotatable bonds is 2. The molecule has 2 rings (SSSR count). The fraction of sp³-hybridized carbons (Fsp3) is 0.462. The van der Waals surface area contributed by atoms with Gasteiger partial charge in [0.2, 0.25) is 0 Å². The lowest BCUT2D eigenvalue weighted by Crippen LogP contribution is -2.50. The first-order valence-electron chi connectivity index (χ1n) is 6.12. The monoisotopic (exact) mass is 267 g/mol. The Morgan fingerprint density at radius 1 is 1.44 bits per heavy atom. The van der Waals surface area contributed by atoms with E-state index in [2.05, 4.69) is 5.32 Å². The highest BCUT2D eigenvalue weighted by molar-refractivity contribution is 6.30. The molecule has 1 saturated heterocycles. The van der Waals surface area contributed by atoms with Crippen molar-refractivity contribution in [3.05, 3.63) is 34.9 Å². The summed E-state index contributed by atoms with van der Waals surface area (Å²) in [5.41, 5.74) is 1.05. The number of nitrogens with one attached hydrogen (secondary N) is 1. The van der Waals surface area contributed by atoms with E-state index in [1.807, 2.05) is 36.2 Å². The first-order valence-corrected chi connectivity index (χ1v) is 6.50. The molecule has 0 aliphatic carbocycles. The second-order valence-corrected chi connectivity index (χ2v) is 4.94. The number of urea groups is 1. The molecule has 5 heteroatoms. The van der Waals surface area contributed by atoms with Gasteiger partial charge in [0.05, 0.1) is 0 Å². The van der Waals surface area contributed by atoms with Gasteiger partial charge in [-0.1, -0.05) is 23.7 Å². The molecule has 1 aromatic carbocycles. The molecule has 0 atom stereocenters. The molecule has 1 fully saturated rings. The molecule has 2 amide bonds. The summed E-state index contributed by atoms with van der Waals surface area (Å²) >= 11 is 5.93. The number of nitrogens with zero attached hydrogens (tertiary/aromatic N) is 2. The van der Waals surface area contributed by atoms with Crippen molar-refractivity contribution in [1.29, 1.82) is 0 Å². The summed E-state index contributed by atoms with van der Waals surface area (Å²) < 4.78 is 0. The molecule has 0 aromatic heterocycles. The number of hydrogen-bond donors (Lipinski definition) is 1. The summed E-state index contributed by atoms with van der Waals surface area (Å²) in [5, 5.41) is 3.94. The molecule has 0 radical (unpaired) electrons. The lowest BCUT2D eigenvalue weighted by Gasteiger charge is -2.31. The Kier molecular flexibility index (Phi) is 4.44. The predicted molar refractivity (Wildman–Crippen MR) is 72.8 cm³/mol. The van der Waals surface area contributed by atoms with Gasteiger partial charge >= 0.3 is 6.03 Å². The number of carbonyl (C=O) groups excluding carboxylic acids is 1. The van der Waals surface area contributed by atoms with E-state index >= 15 is 0 Å². The van der Waals surface area contributed by atoms with Crippen LogP contribution in [0.3, 0.4) is 0 Å². The lowest BCUT2D eigenvalue weighted by molar-refractivity contribution is 0.154. The third kappa shape index (κ3) is 3.37. The van der Waals surface area contributed by atoms with E-state index in [1.54, 1.807) is 4.90 Å². The zero-order valence-electron chi connectivity index (χ0n) is 10.5. The summed E-state index contributed by atoms with van der Waals surface area (Å²) in [6.07, 6.45) is 0. The van der Waals surface area contributed by atoms with Gasteiger partial charge in [0, 0.05) is 44.8 Å². The smallest absolute Gasteiger partial charge is 0.320 e. The van der Waals surface area contributed by atoms with Crippen LogP contribution in [0.1, 0.15) is 5.56 Å². The van der Waals surface area contributed by atoms with Crippen LogP contribution >= 0.6 is 11.6 Å². The number of amides is 2. The Morgan fingerprint density at radius 2 is 2.17 bits per heavy atom. The topological polar surface area (TPSA) is 35.6 Å². The van der Waals surface area contributed by atoms with Crippen LogP contribution in [0.5, 0.6) is 0 Å². The quantitative estimate of drug-likeness (QED) is 0.887. The molecule has 1 aliphatic heterocycles. The van der Waals surface area contributed by atoms with Crippen LogP contribution < -0.4 is 5.32 Å². The van der Waals surface area contributed by atoms with Crippen LogP contribution in [0.25, 0.3) is 0 Å². The molecular weight excluding hydrogens is 250 g/mol. The van der Waals surface area contributed by atoms with E-state index < -0.39 is 0 Å². The van der Waals surface area contributed by atoms with Gasteiger partial charge in [-0.3, -0.25) is 0 Å². The summed E-state index contributed by atoms with van der Waals surface area (Å²) in [6, 6.07) is 7.69. The summed E-state index contributed by atoms with van der Waals surface area (Å²) in [6.45, 7) is 3.88. The van der Waals surface area contributed by atoms with Crippen molar-refractivity contribution in [3.8, 4) is 0 Å². The van der Waals surface area contributed by atoms with Crippen molar-refractivity contribution in [2.24, 2.45) is 0 Å². The van der Waals surface area contributed by atoms with Crippen molar-refractivity contribution < 1.29 is 4.79 Å². The predicted octanol–water partition coefficient (Wildman–Crippen LogP) is 1.80. The van der Waals surface area contributed by atoms with E-state index in [-0.39, 0.29) is 6.03 Å². The molecule has 0 unspecified atom stereocenters. The number of carbonyl (C=O) groups is 1. The summed E-state index contributed by atoms with van der Waals surface area (Å²) in [4.78, 5) is 15.8. The molecule has 18 heavy (non-hydrogen) atoms. The molecule has 1 aromatic rings. The third-order valence-electron chi connectivity index (χ3n) is 3.02. The normalized spacial score (nSPS) is 15.6. The molecule has 1 heterocycles. The van der Waals surface area contributed by atoms with Crippen LogP contribution in [-0.4, -0.2) is 49.1 Å². The fourth-order valence-electron chi connectivity index (χ4n) is 2.07. The average Bonchev–Trinajstić information content (AvgIpc) is 2.39. The first-order chi connectivity index (χ1) is 8.66. The van der Waals surface area contributed by atoms with E-state index in [4.69, 9.17) is 11.6 Å². The van der Waals surface area contributed by atoms with E-state index in [1.165, 1.54) is 0 Å². The number of hydrogen-bond acceptors (Lipinski definition) is 2. The van der Waals surface area contributed by atoms with Gasteiger partial charge in [-0.15, -0.1) is 0 Å². The lowest BCUT2D eigenvalue weighted by atomic mass is 10.2. The second-order valence-electron chi connectivity index (χ2n) is 4.51. The molecule has 0 saturated carbocycles. The third-order valence-corrected chi connectivity index (χ3v) is 3.26. The fourth-order valence-corrected chi connectivity index (χ4v) is 2.29. The Hall–Kier alpha value is -1.26. The summed E-state index contributed by atoms with van der Waals surface area (Å²) in [5.74, 6) is 0. The highest BCUT2D eigenvalue weighted by Crippen LogP contribution is 2.13. The van der Waals surface area contributed by atoms with E-state index in [0.29, 0.717) is 11.6 Å². The molecule has 1 aliphatic rings. The largest absolute Gasteiger partial charge is 0.323 e. The number of piperazine rings is 1. The Morgan fingerprint density at radius 3 is 2.83 bits per heavy atom. The maximum absolute atomic E-state index is 12.2. The van der Waals surface area contributed by atoms with E-state index in [9.17, 15) is 4.79 Å². The zero-order valence-corrected chi connectivity index (χ0v) is 11.3. The Bertz CT molecular complexity index is 418. The van der Waals surface area contributed by atoms with Crippen LogP contribution in [0.2, 0.25) is 5.02 Å². The van der Waals surface area contributed by atoms with Crippen molar-refractivity contribution in [2.45, 2.75) is 6.54 Å². The second kappa shape index (κ2) is 6.07. The highest BCUT2D eigenvalue weighted by Gasteiger charge is 2.19. The standard InChI is InChI=1S/C13H18ClN3O/c1-16(10-11-3-2-4-12(14)9-11)13(18)17-7-5-15-6-8-17/h2-4,9,15H,5-8,10H2,1H3. The molecule has 4 nitrogen and oxygen atoms in total.